The van der Waals surface area contributed by atoms with Gasteiger partial charge in [-0.2, -0.15) is 4.72 Å². The van der Waals surface area contributed by atoms with Gasteiger partial charge in [0.2, 0.25) is 10.0 Å². The van der Waals surface area contributed by atoms with Crippen LogP contribution in [0.5, 0.6) is 0 Å². The van der Waals surface area contributed by atoms with Crippen molar-refractivity contribution in [1.82, 2.24) is 4.72 Å². The summed E-state index contributed by atoms with van der Waals surface area (Å²) in [6.45, 7) is -0.999. The molecule has 0 aliphatic carbocycles. The van der Waals surface area contributed by atoms with Gasteiger partial charge in [-0.1, -0.05) is 0 Å². The van der Waals surface area contributed by atoms with Crippen LogP contribution in [0, 0.1) is 6.92 Å². The average molecular weight is 325 g/mol. The molecule has 0 radical (unpaired) electrons. The van der Waals surface area contributed by atoms with Crippen LogP contribution in [0.3, 0.4) is 0 Å². The van der Waals surface area contributed by atoms with Crippen LogP contribution in [-0.2, 0) is 10.0 Å². The second kappa shape index (κ2) is 6.16. The zero-order chi connectivity index (χ0) is 15.6. The molecule has 0 bridgehead atoms. The van der Waals surface area contributed by atoms with Crippen LogP contribution < -0.4 is 4.72 Å². The zero-order valence-corrected chi connectivity index (χ0v) is 12.2. The Labute approximate surface area is 119 Å². The molecule has 8 nitrogen and oxygen atoms in total. The summed E-state index contributed by atoms with van der Waals surface area (Å²) in [5, 5.41) is 36.2. The number of aromatic carboxylic acids is 1. The number of carboxylic acid groups (broad SMARTS) is 1. The first kappa shape index (κ1) is 17.0. The maximum Gasteiger partial charge on any atom is 0.345 e. The van der Waals surface area contributed by atoms with Gasteiger partial charge < -0.3 is 20.4 Å². The SMILES string of the molecule is Cc1sc(C(=O)O)cc1S(=O)(=O)NC(CO)(CO)CO. The number of carbonyl (C=O) groups is 1. The Kier molecular flexibility index (Phi) is 5.24. The fourth-order valence-electron chi connectivity index (χ4n) is 1.42. The fourth-order valence-corrected chi connectivity index (χ4v) is 4.23. The lowest BCUT2D eigenvalue weighted by Crippen LogP contribution is -2.56. The van der Waals surface area contributed by atoms with Crippen LogP contribution in [-0.4, -0.2) is 60.2 Å². The van der Waals surface area contributed by atoms with E-state index in [0.29, 0.717) is 0 Å². The van der Waals surface area contributed by atoms with Crippen molar-refractivity contribution in [2.45, 2.75) is 17.4 Å². The number of aryl methyl sites for hydroxylation is 1. The Balaban J connectivity index is 3.20. The van der Waals surface area contributed by atoms with Crippen molar-refractivity contribution in [3.63, 3.8) is 0 Å². The zero-order valence-electron chi connectivity index (χ0n) is 10.5. The number of sulfonamides is 1. The highest BCUT2D eigenvalue weighted by atomic mass is 32.2. The predicted molar refractivity (Wildman–Crippen MR) is 70.3 cm³/mol. The molecule has 0 fully saturated rings. The molecule has 0 saturated heterocycles. The molecule has 1 heterocycles. The number of aliphatic hydroxyl groups excluding tert-OH is 3. The third-order valence-corrected chi connectivity index (χ3v) is 5.50. The van der Waals surface area contributed by atoms with E-state index in [0.717, 1.165) is 17.4 Å². The topological polar surface area (TPSA) is 144 Å². The summed E-state index contributed by atoms with van der Waals surface area (Å²) in [6.07, 6.45) is 0. The molecule has 114 valence electrons. The standard InChI is InChI=1S/C10H15NO7S2/c1-6-8(2-7(19-6)9(15)16)20(17,18)11-10(3-12,4-13)5-14/h2,11-14H,3-5H2,1H3,(H,15,16). The minimum absolute atomic E-state index is 0.148. The molecule has 0 saturated carbocycles. The van der Waals surface area contributed by atoms with Gasteiger partial charge >= 0.3 is 5.97 Å². The second-order valence-corrected chi connectivity index (χ2v) is 7.10. The van der Waals surface area contributed by atoms with E-state index in [1.54, 1.807) is 0 Å². The summed E-state index contributed by atoms with van der Waals surface area (Å²) >= 11 is 0.792. The largest absolute Gasteiger partial charge is 0.477 e. The van der Waals surface area contributed by atoms with Gasteiger partial charge in [-0.25, -0.2) is 13.2 Å². The molecule has 0 unspecified atom stereocenters. The number of rotatable bonds is 7. The van der Waals surface area contributed by atoms with E-state index >= 15 is 0 Å². The summed E-state index contributed by atoms with van der Waals surface area (Å²) in [5.74, 6) is -1.25. The lowest BCUT2D eigenvalue weighted by molar-refractivity contribution is 0.0581. The van der Waals surface area contributed by atoms with E-state index < -0.39 is 41.4 Å². The summed E-state index contributed by atoms with van der Waals surface area (Å²) in [4.78, 5) is 10.7. The Morgan fingerprint density at radius 2 is 1.80 bits per heavy atom. The smallest absolute Gasteiger partial charge is 0.345 e. The van der Waals surface area contributed by atoms with Gasteiger partial charge in [-0.05, 0) is 13.0 Å². The Hall–Kier alpha value is -1.04. The van der Waals surface area contributed by atoms with Crippen molar-refractivity contribution in [1.29, 1.82) is 0 Å². The van der Waals surface area contributed by atoms with Crippen molar-refractivity contribution < 1.29 is 33.6 Å². The van der Waals surface area contributed by atoms with Crippen molar-refractivity contribution >= 4 is 27.3 Å². The van der Waals surface area contributed by atoms with Gasteiger partial charge in [0.05, 0.1) is 24.7 Å². The lowest BCUT2D eigenvalue weighted by Gasteiger charge is -2.28. The highest BCUT2D eigenvalue weighted by Gasteiger charge is 2.35. The van der Waals surface area contributed by atoms with E-state index in [9.17, 15) is 13.2 Å². The molecule has 5 N–H and O–H groups in total. The van der Waals surface area contributed by atoms with Gasteiger partial charge in [0.15, 0.2) is 0 Å². The molecule has 1 rings (SSSR count). The minimum atomic E-state index is -4.18. The van der Waals surface area contributed by atoms with Crippen molar-refractivity contribution in [2.24, 2.45) is 0 Å². The van der Waals surface area contributed by atoms with Crippen molar-refractivity contribution in [3.8, 4) is 0 Å². The molecule has 0 aliphatic heterocycles. The Morgan fingerprint density at radius 1 is 1.30 bits per heavy atom. The average Bonchev–Trinajstić information content (AvgIpc) is 2.79. The molecule has 0 aliphatic rings. The molecule has 0 aromatic carbocycles. The van der Waals surface area contributed by atoms with E-state index in [-0.39, 0.29) is 14.6 Å². The fraction of sp³-hybridized carbons (Fsp3) is 0.500. The van der Waals surface area contributed by atoms with E-state index in [1.165, 1.54) is 6.92 Å². The van der Waals surface area contributed by atoms with E-state index in [2.05, 4.69) is 0 Å². The Bertz CT molecular complexity index is 580. The van der Waals surface area contributed by atoms with Crippen LogP contribution in [0.4, 0.5) is 0 Å². The predicted octanol–water partition coefficient (Wildman–Crippen LogP) is -1.25. The van der Waals surface area contributed by atoms with Gasteiger partial charge in [0.1, 0.15) is 10.4 Å². The Morgan fingerprint density at radius 3 is 2.15 bits per heavy atom. The maximum atomic E-state index is 12.2. The van der Waals surface area contributed by atoms with Crippen molar-refractivity contribution in [2.75, 3.05) is 19.8 Å². The first-order chi connectivity index (χ1) is 9.21. The number of hydrogen-bond acceptors (Lipinski definition) is 7. The molecule has 0 atom stereocenters. The summed E-state index contributed by atoms with van der Waals surface area (Å²) in [6, 6.07) is 0.988. The third kappa shape index (κ3) is 3.34. The lowest BCUT2D eigenvalue weighted by atomic mass is 10.1. The number of nitrogens with one attached hydrogen (secondary N) is 1. The normalized spacial score (nSPS) is 12.6. The maximum absolute atomic E-state index is 12.2. The molecule has 10 heteroatoms. The van der Waals surface area contributed by atoms with Crippen LogP contribution in [0.15, 0.2) is 11.0 Å². The third-order valence-electron chi connectivity index (χ3n) is 2.63. The van der Waals surface area contributed by atoms with Gasteiger partial charge in [0, 0.05) is 4.88 Å². The van der Waals surface area contributed by atoms with Gasteiger partial charge in [-0.3, -0.25) is 0 Å². The molecular formula is C10H15NO7S2. The molecule has 1 aromatic rings. The first-order valence-electron chi connectivity index (χ1n) is 5.41. The van der Waals surface area contributed by atoms with Crippen LogP contribution in [0.1, 0.15) is 14.5 Å². The first-order valence-corrected chi connectivity index (χ1v) is 7.71. The molecule has 20 heavy (non-hydrogen) atoms. The van der Waals surface area contributed by atoms with Gasteiger partial charge in [0.25, 0.3) is 0 Å². The van der Waals surface area contributed by atoms with Crippen LogP contribution in [0.2, 0.25) is 0 Å². The quantitative estimate of drug-likeness (QED) is 0.421. The molecular weight excluding hydrogens is 310 g/mol. The van der Waals surface area contributed by atoms with Gasteiger partial charge in [-0.15, -0.1) is 11.3 Å². The van der Waals surface area contributed by atoms with E-state index in [4.69, 9.17) is 20.4 Å². The highest BCUT2D eigenvalue weighted by molar-refractivity contribution is 7.89. The van der Waals surface area contributed by atoms with E-state index in [1.807, 2.05) is 4.72 Å². The van der Waals surface area contributed by atoms with Crippen LogP contribution >= 0.6 is 11.3 Å². The minimum Gasteiger partial charge on any atom is -0.477 e. The summed E-state index contributed by atoms with van der Waals surface area (Å²) < 4.78 is 26.3. The number of carboxylic acids is 1. The molecule has 1 aromatic heterocycles. The van der Waals surface area contributed by atoms with Crippen molar-refractivity contribution in [3.05, 3.63) is 15.8 Å². The summed E-state index contributed by atoms with van der Waals surface area (Å²) in [5.41, 5.74) is -1.81. The molecule has 0 amide bonds. The highest BCUT2D eigenvalue weighted by Crippen LogP contribution is 2.26. The molecule has 0 spiro atoms. The second-order valence-electron chi connectivity index (χ2n) is 4.20. The summed E-state index contributed by atoms with van der Waals surface area (Å²) in [7, 11) is -4.18. The van der Waals surface area contributed by atoms with Crippen LogP contribution in [0.25, 0.3) is 0 Å². The number of hydrogen-bond donors (Lipinski definition) is 5. The number of thiophene rings is 1. The number of aliphatic hydroxyl groups is 3. The monoisotopic (exact) mass is 325 g/mol.